The molecule has 388 valence electrons. The number of hydrogen-bond donors (Lipinski definition) is 6. The molecule has 0 fully saturated rings. The standard InChI is InChI=1S/2C29H17F3N2O5/c2*30-19-5-1-15(2-6-19)25-26(16-3-7-20(31)8-4-16)34(27(33-25)23-14-21(32)9-10-24(23)35)22-12-17(28(36)37)11-18(13-22)29(38)39/h2*1-14,35H,(H,36,37)(H,38,39). The minimum atomic E-state index is -1.41. The maximum atomic E-state index is 14.4. The van der Waals surface area contributed by atoms with Gasteiger partial charge in [-0.25, -0.2) is 55.5 Å². The summed E-state index contributed by atoms with van der Waals surface area (Å²) in [5.74, 6) is -10.1. The Bertz CT molecular complexity index is 3690. The quantitative estimate of drug-likeness (QED) is 0.0629. The highest BCUT2D eigenvalue weighted by atomic mass is 19.1. The molecule has 8 aromatic carbocycles. The second kappa shape index (κ2) is 21.2. The van der Waals surface area contributed by atoms with E-state index in [0.29, 0.717) is 22.3 Å². The van der Waals surface area contributed by atoms with Crippen molar-refractivity contribution in [3.63, 3.8) is 0 Å². The smallest absolute Gasteiger partial charge is 0.335 e. The van der Waals surface area contributed by atoms with Gasteiger partial charge in [-0.2, -0.15) is 0 Å². The number of carbonyl (C=O) groups is 4. The van der Waals surface area contributed by atoms with Gasteiger partial charge in [-0.05, 0) is 170 Å². The van der Waals surface area contributed by atoms with Gasteiger partial charge in [0.05, 0.1) is 56.2 Å². The van der Waals surface area contributed by atoms with E-state index in [1.165, 1.54) is 130 Å². The van der Waals surface area contributed by atoms with Crippen LogP contribution in [0.4, 0.5) is 26.3 Å². The molecule has 0 saturated heterocycles. The first kappa shape index (κ1) is 52.1. The summed E-state index contributed by atoms with van der Waals surface area (Å²) < 4.78 is 86.7. The molecule has 0 aliphatic carbocycles. The summed E-state index contributed by atoms with van der Waals surface area (Å²) in [7, 11) is 0. The van der Waals surface area contributed by atoms with Crippen molar-refractivity contribution in [2.75, 3.05) is 0 Å². The van der Waals surface area contributed by atoms with Gasteiger partial charge in [-0.3, -0.25) is 9.13 Å². The zero-order chi connectivity index (χ0) is 55.7. The van der Waals surface area contributed by atoms with Gasteiger partial charge in [0.1, 0.15) is 58.1 Å². The van der Waals surface area contributed by atoms with Crippen molar-refractivity contribution in [1.29, 1.82) is 0 Å². The van der Waals surface area contributed by atoms with Crippen LogP contribution >= 0.6 is 0 Å². The Morgan fingerprint density at radius 2 is 0.590 bits per heavy atom. The van der Waals surface area contributed by atoms with Crippen LogP contribution in [0.25, 0.3) is 79.2 Å². The Morgan fingerprint density at radius 1 is 0.333 bits per heavy atom. The number of aromatic nitrogens is 4. The second-order valence-corrected chi connectivity index (χ2v) is 17.0. The molecule has 0 radical (unpaired) electrons. The summed E-state index contributed by atoms with van der Waals surface area (Å²) in [5.41, 5.74) is 0.718. The zero-order valence-corrected chi connectivity index (χ0v) is 39.5. The van der Waals surface area contributed by atoms with Crippen molar-refractivity contribution in [1.82, 2.24) is 19.1 Å². The van der Waals surface area contributed by atoms with Crippen molar-refractivity contribution in [3.05, 3.63) is 227 Å². The summed E-state index contributed by atoms with van der Waals surface area (Å²) in [5, 5.41) is 60.0. The average molecular weight is 1060 g/mol. The number of carboxylic acid groups (broad SMARTS) is 4. The van der Waals surface area contributed by atoms with Crippen LogP contribution in [0.15, 0.2) is 170 Å². The molecule has 0 amide bonds. The van der Waals surface area contributed by atoms with Crippen LogP contribution in [0.2, 0.25) is 0 Å². The highest BCUT2D eigenvalue weighted by Gasteiger charge is 2.28. The number of carboxylic acids is 4. The van der Waals surface area contributed by atoms with Gasteiger partial charge >= 0.3 is 23.9 Å². The van der Waals surface area contributed by atoms with Gasteiger partial charge in [0.15, 0.2) is 0 Å². The second-order valence-electron chi connectivity index (χ2n) is 17.0. The summed E-state index contributed by atoms with van der Waals surface area (Å²) in [4.78, 5) is 56.8. The Hall–Kier alpha value is -10.8. The van der Waals surface area contributed by atoms with E-state index < -0.39 is 58.8 Å². The third-order valence-electron chi connectivity index (χ3n) is 12.0. The number of aromatic hydroxyl groups is 2. The number of rotatable bonds is 12. The van der Waals surface area contributed by atoms with Gasteiger partial charge in [0, 0.05) is 33.6 Å². The van der Waals surface area contributed by atoms with Crippen LogP contribution in [0.3, 0.4) is 0 Å². The highest BCUT2D eigenvalue weighted by molar-refractivity contribution is 5.97. The monoisotopic (exact) mass is 1060 g/mol. The molecule has 78 heavy (non-hydrogen) atoms. The predicted molar refractivity (Wildman–Crippen MR) is 271 cm³/mol. The summed E-state index contributed by atoms with van der Waals surface area (Å²) in [6.07, 6.45) is 0. The van der Waals surface area contributed by atoms with Gasteiger partial charge in [0.25, 0.3) is 0 Å². The Kier molecular flexibility index (Phi) is 14.2. The predicted octanol–water partition coefficient (Wildman–Crippen LogP) is 12.8. The molecule has 0 spiro atoms. The van der Waals surface area contributed by atoms with E-state index in [9.17, 15) is 76.2 Å². The molecule has 14 nitrogen and oxygen atoms in total. The van der Waals surface area contributed by atoms with E-state index in [0.717, 1.165) is 48.5 Å². The van der Waals surface area contributed by atoms with Crippen LogP contribution < -0.4 is 0 Å². The normalized spacial score (nSPS) is 10.9. The molecule has 10 aromatic rings. The number of imidazole rings is 2. The lowest BCUT2D eigenvalue weighted by atomic mass is 10.0. The van der Waals surface area contributed by atoms with E-state index in [2.05, 4.69) is 9.97 Å². The lowest BCUT2D eigenvalue weighted by molar-refractivity contribution is 0.0676. The first-order valence-corrected chi connectivity index (χ1v) is 22.8. The largest absolute Gasteiger partial charge is 0.507 e. The summed E-state index contributed by atoms with van der Waals surface area (Å²) in [6, 6.07) is 33.9. The number of nitrogens with zero attached hydrogens (tertiary/aromatic N) is 4. The molecule has 0 bridgehead atoms. The molecule has 6 N–H and O–H groups in total. The van der Waals surface area contributed by atoms with Crippen molar-refractivity contribution in [2.45, 2.75) is 0 Å². The summed E-state index contributed by atoms with van der Waals surface area (Å²) >= 11 is 0. The van der Waals surface area contributed by atoms with E-state index in [-0.39, 0.29) is 90.7 Å². The lowest BCUT2D eigenvalue weighted by Crippen LogP contribution is -2.07. The van der Waals surface area contributed by atoms with Gasteiger partial charge in [-0.1, -0.05) is 0 Å². The fourth-order valence-corrected chi connectivity index (χ4v) is 8.42. The van der Waals surface area contributed by atoms with Gasteiger partial charge in [0.2, 0.25) is 0 Å². The van der Waals surface area contributed by atoms with E-state index >= 15 is 0 Å². The number of aromatic carboxylic acids is 4. The number of halogens is 6. The maximum Gasteiger partial charge on any atom is 0.335 e. The summed E-state index contributed by atoms with van der Waals surface area (Å²) in [6.45, 7) is 0. The van der Waals surface area contributed by atoms with Crippen LogP contribution in [0.1, 0.15) is 41.4 Å². The molecule has 0 aliphatic heterocycles. The van der Waals surface area contributed by atoms with E-state index in [1.54, 1.807) is 0 Å². The first-order valence-electron chi connectivity index (χ1n) is 22.8. The van der Waals surface area contributed by atoms with Gasteiger partial charge in [-0.15, -0.1) is 0 Å². The Balaban J connectivity index is 0.000000190. The van der Waals surface area contributed by atoms with Gasteiger partial charge < -0.3 is 30.6 Å². The molecule has 0 unspecified atom stereocenters. The maximum absolute atomic E-state index is 14.4. The molecule has 0 atom stereocenters. The minimum absolute atomic E-state index is 0.00569. The molecular weight excluding hydrogens is 1030 g/mol. The van der Waals surface area contributed by atoms with E-state index in [4.69, 9.17) is 0 Å². The molecular formula is C58H34F6N4O10. The third kappa shape index (κ3) is 10.6. The van der Waals surface area contributed by atoms with E-state index in [1.807, 2.05) is 0 Å². The molecule has 2 aromatic heterocycles. The number of phenolic OH excluding ortho intramolecular Hbond substituents is 2. The number of hydrogen-bond acceptors (Lipinski definition) is 8. The molecule has 0 saturated carbocycles. The molecule has 10 rings (SSSR count). The molecule has 0 aliphatic rings. The SMILES string of the molecule is O=C(O)c1cc(C(=O)O)cc(-n2c(-c3cc(F)ccc3O)nc(-c3ccc(F)cc3)c2-c2ccc(F)cc2)c1.O=C(O)c1cc(C(=O)O)cc(-n2c(-c3cc(F)ccc3O)nc(-c3ccc(F)cc3)c2-c2ccc(F)cc2)c1. The lowest BCUT2D eigenvalue weighted by Gasteiger charge is -2.16. The number of benzene rings is 8. The fourth-order valence-electron chi connectivity index (χ4n) is 8.42. The number of phenols is 2. The van der Waals surface area contributed by atoms with Crippen LogP contribution in [-0.4, -0.2) is 73.6 Å². The Morgan fingerprint density at radius 3 is 0.859 bits per heavy atom. The van der Waals surface area contributed by atoms with Crippen molar-refractivity contribution < 1.29 is 76.2 Å². The first-order chi connectivity index (χ1) is 37.2. The highest BCUT2D eigenvalue weighted by Crippen LogP contribution is 2.43. The van der Waals surface area contributed by atoms with Crippen molar-refractivity contribution >= 4 is 23.9 Å². The molecule has 2 heterocycles. The van der Waals surface area contributed by atoms with Crippen molar-refractivity contribution in [2.24, 2.45) is 0 Å². The van der Waals surface area contributed by atoms with Crippen LogP contribution in [-0.2, 0) is 0 Å². The third-order valence-corrected chi connectivity index (χ3v) is 12.0. The average Bonchev–Trinajstić information content (AvgIpc) is 4.21. The topological polar surface area (TPSA) is 225 Å². The minimum Gasteiger partial charge on any atom is -0.507 e. The zero-order valence-electron chi connectivity index (χ0n) is 39.5. The Labute approximate surface area is 435 Å². The fraction of sp³-hybridized carbons (Fsp3) is 0. The van der Waals surface area contributed by atoms with Crippen LogP contribution in [0, 0.1) is 34.9 Å². The van der Waals surface area contributed by atoms with Crippen LogP contribution in [0.5, 0.6) is 11.5 Å². The molecule has 20 heteroatoms. The van der Waals surface area contributed by atoms with Crippen molar-refractivity contribution in [3.8, 4) is 90.7 Å².